The van der Waals surface area contributed by atoms with Crippen LogP contribution in [0.25, 0.3) is 0 Å². The van der Waals surface area contributed by atoms with Crippen molar-refractivity contribution in [1.82, 2.24) is 0 Å². The van der Waals surface area contributed by atoms with Crippen molar-refractivity contribution in [3.8, 4) is 6.07 Å². The molecule has 0 heterocycles. The second kappa shape index (κ2) is 15.9. The monoisotopic (exact) mass is 267 g/mol. The van der Waals surface area contributed by atoms with E-state index < -0.39 is 5.97 Å². The van der Waals surface area contributed by atoms with Gasteiger partial charge < -0.3 is 9.47 Å². The number of nitriles is 1. The molecule has 106 valence electrons. The third kappa shape index (κ3) is 18.5. The molecule has 0 aromatic rings. The summed E-state index contributed by atoms with van der Waals surface area (Å²) in [4.78, 5) is 20.7. The van der Waals surface area contributed by atoms with E-state index in [0.717, 1.165) is 18.9 Å². The number of carbonyl (C=O) groups excluding carboxylic acids is 2. The van der Waals surface area contributed by atoms with E-state index in [0.29, 0.717) is 26.1 Å². The first kappa shape index (κ1) is 19.3. The van der Waals surface area contributed by atoms with Crippen molar-refractivity contribution < 1.29 is 19.1 Å². The first-order valence-corrected chi connectivity index (χ1v) is 6.07. The summed E-state index contributed by atoms with van der Waals surface area (Å²) in [7, 11) is 0. The average Bonchev–Trinajstić information content (AvgIpc) is 2.44. The third-order valence-electron chi connectivity index (χ3n) is 1.75. The van der Waals surface area contributed by atoms with Crippen LogP contribution in [0.15, 0.2) is 25.3 Å². The lowest BCUT2D eigenvalue weighted by Gasteiger charge is -1.97. The van der Waals surface area contributed by atoms with Crippen LogP contribution in [0.1, 0.15) is 32.6 Å². The van der Waals surface area contributed by atoms with Crippen molar-refractivity contribution in [3.63, 3.8) is 0 Å². The average molecular weight is 267 g/mol. The van der Waals surface area contributed by atoms with Gasteiger partial charge in [0.15, 0.2) is 0 Å². The molecule has 0 aromatic heterocycles. The van der Waals surface area contributed by atoms with Crippen LogP contribution in [0, 0.1) is 11.3 Å². The smallest absolute Gasteiger partial charge is 0.330 e. The molecule has 0 aromatic carbocycles. The molecule has 0 saturated heterocycles. The Morgan fingerprint density at radius 3 is 1.95 bits per heavy atom. The molecule has 0 N–H and O–H groups in total. The largest absolute Gasteiger partial charge is 0.463 e. The number of hydrogen-bond donors (Lipinski definition) is 0. The van der Waals surface area contributed by atoms with Crippen molar-refractivity contribution in [2.45, 2.75) is 32.6 Å². The molecule has 0 spiro atoms. The summed E-state index contributed by atoms with van der Waals surface area (Å²) in [6, 6.07) is 1.94. The summed E-state index contributed by atoms with van der Waals surface area (Å²) in [6.45, 7) is 9.35. The van der Waals surface area contributed by atoms with Gasteiger partial charge in [-0.2, -0.15) is 5.26 Å². The SMILES string of the molecule is C=CC(=O)OCCCC.C=CC(=O)OCCCC#N. The summed E-state index contributed by atoms with van der Waals surface area (Å²) in [5.74, 6) is -0.763. The molecule has 0 atom stereocenters. The number of carbonyl (C=O) groups is 2. The van der Waals surface area contributed by atoms with E-state index >= 15 is 0 Å². The van der Waals surface area contributed by atoms with Crippen molar-refractivity contribution in [2.24, 2.45) is 0 Å². The highest BCUT2D eigenvalue weighted by Gasteiger charge is 1.93. The zero-order valence-electron chi connectivity index (χ0n) is 11.4. The molecule has 19 heavy (non-hydrogen) atoms. The highest BCUT2D eigenvalue weighted by molar-refractivity contribution is 5.81. The van der Waals surface area contributed by atoms with Crippen LogP contribution in [-0.2, 0) is 19.1 Å². The number of rotatable bonds is 8. The summed E-state index contributed by atoms with van der Waals surface area (Å²) < 4.78 is 9.26. The van der Waals surface area contributed by atoms with Crippen LogP contribution in [0.3, 0.4) is 0 Å². The van der Waals surface area contributed by atoms with Crippen LogP contribution < -0.4 is 0 Å². The first-order valence-electron chi connectivity index (χ1n) is 6.07. The minimum atomic E-state index is -0.432. The second-order valence-corrected chi connectivity index (χ2v) is 3.36. The van der Waals surface area contributed by atoms with Crippen LogP contribution in [0.5, 0.6) is 0 Å². The van der Waals surface area contributed by atoms with Gasteiger partial charge in [0.25, 0.3) is 0 Å². The van der Waals surface area contributed by atoms with Gasteiger partial charge in [-0.25, -0.2) is 9.59 Å². The van der Waals surface area contributed by atoms with Gasteiger partial charge in [0.1, 0.15) is 0 Å². The maximum Gasteiger partial charge on any atom is 0.330 e. The van der Waals surface area contributed by atoms with Gasteiger partial charge in [0.2, 0.25) is 0 Å². The van der Waals surface area contributed by atoms with Gasteiger partial charge in [0.05, 0.1) is 19.3 Å². The van der Waals surface area contributed by atoms with Crippen LogP contribution >= 0.6 is 0 Å². The molecular weight excluding hydrogens is 246 g/mol. The zero-order valence-corrected chi connectivity index (χ0v) is 11.4. The quantitative estimate of drug-likeness (QED) is 0.383. The molecule has 0 aliphatic carbocycles. The predicted molar refractivity (Wildman–Crippen MR) is 72.1 cm³/mol. The fourth-order valence-electron chi connectivity index (χ4n) is 0.759. The molecule has 0 saturated carbocycles. The maximum atomic E-state index is 10.4. The van der Waals surface area contributed by atoms with E-state index in [4.69, 9.17) is 5.26 Å². The molecule has 0 rings (SSSR count). The highest BCUT2D eigenvalue weighted by Crippen LogP contribution is 1.88. The summed E-state index contributed by atoms with van der Waals surface area (Å²) in [6.07, 6.45) is 5.27. The van der Waals surface area contributed by atoms with Crippen LogP contribution in [0.4, 0.5) is 0 Å². The van der Waals surface area contributed by atoms with Gasteiger partial charge in [-0.3, -0.25) is 0 Å². The normalized spacial score (nSPS) is 8.21. The number of esters is 2. The third-order valence-corrected chi connectivity index (χ3v) is 1.75. The Morgan fingerprint density at radius 1 is 1.11 bits per heavy atom. The summed E-state index contributed by atoms with van der Waals surface area (Å²) >= 11 is 0. The van der Waals surface area contributed by atoms with E-state index in [9.17, 15) is 9.59 Å². The minimum Gasteiger partial charge on any atom is -0.463 e. The lowest BCUT2D eigenvalue weighted by Crippen LogP contribution is -2.00. The van der Waals surface area contributed by atoms with Gasteiger partial charge in [-0.05, 0) is 12.8 Å². The molecule has 0 radical (unpaired) electrons. The molecule has 0 amide bonds. The topological polar surface area (TPSA) is 76.4 Å². The van der Waals surface area contributed by atoms with E-state index in [1.165, 1.54) is 6.08 Å². The number of nitrogens with zero attached hydrogens (tertiary/aromatic N) is 1. The zero-order chi connectivity index (χ0) is 14.9. The summed E-state index contributed by atoms with van der Waals surface area (Å²) in [5, 5.41) is 8.08. The fraction of sp³-hybridized carbons (Fsp3) is 0.500. The second-order valence-electron chi connectivity index (χ2n) is 3.36. The molecule has 0 bridgehead atoms. The van der Waals surface area contributed by atoms with Crippen molar-refractivity contribution in [1.29, 1.82) is 5.26 Å². The van der Waals surface area contributed by atoms with Gasteiger partial charge in [-0.1, -0.05) is 26.5 Å². The fourth-order valence-corrected chi connectivity index (χ4v) is 0.759. The molecule has 0 fully saturated rings. The summed E-state index contributed by atoms with van der Waals surface area (Å²) in [5.41, 5.74) is 0. The Hall–Kier alpha value is -2.09. The lowest BCUT2D eigenvalue weighted by atomic mass is 10.3. The van der Waals surface area contributed by atoms with E-state index in [-0.39, 0.29) is 5.97 Å². The van der Waals surface area contributed by atoms with Gasteiger partial charge in [-0.15, -0.1) is 0 Å². The standard InChI is InChI=1S/C7H9NO2.C7H12O2/c1-2-7(9)10-6-4-3-5-8;1-3-5-6-9-7(8)4-2/h2H,1,3-4,6H2;4H,2-3,5-6H2,1H3. The molecule has 5 heteroatoms. The Balaban J connectivity index is 0. The number of hydrogen-bond acceptors (Lipinski definition) is 5. The predicted octanol–water partition coefficient (Wildman–Crippen LogP) is 2.54. The lowest BCUT2D eigenvalue weighted by molar-refractivity contribution is -0.138. The molecular formula is C14H21NO4. The van der Waals surface area contributed by atoms with Crippen molar-refractivity contribution in [3.05, 3.63) is 25.3 Å². The van der Waals surface area contributed by atoms with Crippen molar-refractivity contribution in [2.75, 3.05) is 13.2 Å². The molecule has 5 nitrogen and oxygen atoms in total. The Kier molecular flexibility index (Phi) is 16.1. The minimum absolute atomic E-state index is 0.304. The molecule has 0 aliphatic rings. The van der Waals surface area contributed by atoms with E-state index in [2.05, 4.69) is 22.6 Å². The highest BCUT2D eigenvalue weighted by atomic mass is 16.5. The van der Waals surface area contributed by atoms with E-state index in [1.807, 2.05) is 13.0 Å². The first-order chi connectivity index (χ1) is 9.12. The van der Waals surface area contributed by atoms with Crippen molar-refractivity contribution >= 4 is 11.9 Å². The Bertz CT molecular complexity index is 318. The number of ether oxygens (including phenoxy) is 2. The van der Waals surface area contributed by atoms with Gasteiger partial charge in [0, 0.05) is 18.6 Å². The maximum absolute atomic E-state index is 10.4. The van der Waals surface area contributed by atoms with E-state index in [1.54, 1.807) is 0 Å². The Morgan fingerprint density at radius 2 is 1.58 bits per heavy atom. The number of unbranched alkanes of at least 4 members (excludes halogenated alkanes) is 2. The Labute approximate surface area is 114 Å². The van der Waals surface area contributed by atoms with Gasteiger partial charge >= 0.3 is 11.9 Å². The molecule has 0 unspecified atom stereocenters. The van der Waals surface area contributed by atoms with Crippen LogP contribution in [0.2, 0.25) is 0 Å². The van der Waals surface area contributed by atoms with Crippen LogP contribution in [-0.4, -0.2) is 25.2 Å². The molecule has 0 aliphatic heterocycles.